The molecule has 0 radical (unpaired) electrons. The lowest BCUT2D eigenvalue weighted by Gasteiger charge is -1.99. The molecule has 2 rings (SSSR count). The molecule has 0 unspecified atom stereocenters. The Kier molecular flexibility index (Phi) is 2.71. The fourth-order valence-corrected chi connectivity index (χ4v) is 3.88. The Balaban J connectivity index is 2.83. The molecule has 1 nitrogen and oxygen atoms in total. The van der Waals surface area contributed by atoms with Crippen LogP contribution in [0.2, 0.25) is 0 Å². The van der Waals surface area contributed by atoms with E-state index in [0.29, 0.717) is 5.75 Å². The molecule has 0 fully saturated rings. The normalized spacial score (nSPS) is 10.9. The van der Waals surface area contributed by atoms with E-state index < -0.39 is 0 Å². The number of fused-ring (bicyclic) bond motifs is 1. The molecule has 13 heavy (non-hydrogen) atoms. The molecule has 0 bridgehead atoms. The molecule has 0 atom stereocenters. The van der Waals surface area contributed by atoms with Crippen LogP contribution in [0.15, 0.2) is 23.1 Å². The van der Waals surface area contributed by atoms with Crippen LogP contribution in [0.5, 0.6) is 5.75 Å². The Morgan fingerprint density at radius 1 is 1.46 bits per heavy atom. The van der Waals surface area contributed by atoms with Crippen molar-refractivity contribution in [2.24, 2.45) is 0 Å². The standard InChI is InChI=1S/C9H7IOS2/c1-12-7-3-2-6(11)5-4-8(10)13-9(5)7/h2-4,11H,1H3. The highest BCUT2D eigenvalue weighted by Crippen LogP contribution is 2.38. The number of hydrogen-bond donors (Lipinski definition) is 1. The summed E-state index contributed by atoms with van der Waals surface area (Å²) in [4.78, 5) is 1.24. The van der Waals surface area contributed by atoms with Gasteiger partial charge in [0.05, 0.1) is 7.58 Å². The van der Waals surface area contributed by atoms with E-state index in [1.165, 1.54) is 12.5 Å². The molecular weight excluding hydrogens is 315 g/mol. The van der Waals surface area contributed by atoms with Crippen molar-refractivity contribution in [3.05, 3.63) is 21.1 Å². The predicted molar refractivity (Wildman–Crippen MR) is 68.0 cm³/mol. The second-order valence-corrected chi connectivity index (χ2v) is 6.37. The van der Waals surface area contributed by atoms with Crippen molar-refractivity contribution in [1.29, 1.82) is 0 Å². The Labute approximate surface area is 98.3 Å². The molecule has 4 heteroatoms. The van der Waals surface area contributed by atoms with Gasteiger partial charge in [-0.1, -0.05) is 0 Å². The van der Waals surface area contributed by atoms with Crippen LogP contribution in [-0.2, 0) is 0 Å². The van der Waals surface area contributed by atoms with Crippen molar-refractivity contribution in [2.75, 3.05) is 6.26 Å². The van der Waals surface area contributed by atoms with Crippen molar-refractivity contribution in [3.63, 3.8) is 0 Å². The highest BCUT2D eigenvalue weighted by atomic mass is 127. The molecule has 0 aliphatic carbocycles. The summed E-state index contributed by atoms with van der Waals surface area (Å²) in [5.41, 5.74) is 0. The number of thioether (sulfide) groups is 1. The maximum absolute atomic E-state index is 9.60. The Hall–Kier alpha value is 0.0600. The van der Waals surface area contributed by atoms with E-state index in [0.717, 1.165) is 5.39 Å². The summed E-state index contributed by atoms with van der Waals surface area (Å²) in [6, 6.07) is 5.75. The van der Waals surface area contributed by atoms with Crippen LogP contribution in [0.1, 0.15) is 0 Å². The van der Waals surface area contributed by atoms with Gasteiger partial charge in [0.1, 0.15) is 5.75 Å². The fourth-order valence-electron chi connectivity index (χ4n) is 1.22. The zero-order valence-electron chi connectivity index (χ0n) is 6.87. The van der Waals surface area contributed by atoms with Gasteiger partial charge in [-0.2, -0.15) is 0 Å². The van der Waals surface area contributed by atoms with E-state index in [1.807, 2.05) is 12.1 Å². The number of aromatic hydroxyl groups is 1. The van der Waals surface area contributed by atoms with Gasteiger partial charge in [-0.05, 0) is 47.0 Å². The van der Waals surface area contributed by atoms with Crippen molar-refractivity contribution in [2.45, 2.75) is 4.90 Å². The second kappa shape index (κ2) is 3.67. The van der Waals surface area contributed by atoms with E-state index in [4.69, 9.17) is 0 Å². The van der Waals surface area contributed by atoms with Crippen molar-refractivity contribution in [1.82, 2.24) is 0 Å². The van der Waals surface area contributed by atoms with E-state index in [2.05, 4.69) is 28.8 Å². The maximum Gasteiger partial charge on any atom is 0.124 e. The van der Waals surface area contributed by atoms with Gasteiger partial charge in [0.15, 0.2) is 0 Å². The van der Waals surface area contributed by atoms with Crippen molar-refractivity contribution < 1.29 is 5.11 Å². The average Bonchev–Trinajstić information content (AvgIpc) is 2.48. The second-order valence-electron chi connectivity index (χ2n) is 2.58. The third-order valence-corrected chi connectivity index (χ3v) is 4.65. The van der Waals surface area contributed by atoms with Gasteiger partial charge in [-0.15, -0.1) is 23.1 Å². The zero-order chi connectivity index (χ0) is 9.42. The topological polar surface area (TPSA) is 20.2 Å². The van der Waals surface area contributed by atoms with Crippen LogP contribution in [0.25, 0.3) is 10.1 Å². The van der Waals surface area contributed by atoms with Gasteiger partial charge in [0.25, 0.3) is 0 Å². The van der Waals surface area contributed by atoms with Crippen LogP contribution < -0.4 is 0 Å². The van der Waals surface area contributed by atoms with E-state index in [9.17, 15) is 5.11 Å². The molecule has 68 valence electrons. The highest BCUT2D eigenvalue weighted by molar-refractivity contribution is 14.1. The molecule has 1 N–H and O–H groups in total. The molecule has 0 aliphatic heterocycles. The largest absolute Gasteiger partial charge is 0.507 e. The molecule has 0 spiro atoms. The van der Waals surface area contributed by atoms with Crippen molar-refractivity contribution in [3.8, 4) is 5.75 Å². The number of benzene rings is 1. The lowest BCUT2D eigenvalue weighted by atomic mass is 10.2. The zero-order valence-corrected chi connectivity index (χ0v) is 10.7. The molecule has 0 saturated heterocycles. The van der Waals surface area contributed by atoms with Crippen molar-refractivity contribution >= 4 is 55.8 Å². The van der Waals surface area contributed by atoms with Gasteiger partial charge in [-0.3, -0.25) is 0 Å². The minimum Gasteiger partial charge on any atom is -0.507 e. The summed E-state index contributed by atoms with van der Waals surface area (Å²) in [7, 11) is 0. The monoisotopic (exact) mass is 322 g/mol. The van der Waals surface area contributed by atoms with Gasteiger partial charge in [0.2, 0.25) is 0 Å². The van der Waals surface area contributed by atoms with Crippen LogP contribution in [0.4, 0.5) is 0 Å². The lowest BCUT2D eigenvalue weighted by molar-refractivity contribution is 0.481. The summed E-state index contributed by atoms with van der Waals surface area (Å²) in [5, 5.41) is 10.6. The number of phenols is 1. The maximum atomic E-state index is 9.60. The molecule has 2 aromatic rings. The van der Waals surface area contributed by atoms with Crippen LogP contribution in [-0.4, -0.2) is 11.4 Å². The molecule has 0 saturated carbocycles. The number of hydrogen-bond acceptors (Lipinski definition) is 3. The smallest absolute Gasteiger partial charge is 0.124 e. The lowest BCUT2D eigenvalue weighted by Crippen LogP contribution is -1.71. The summed E-state index contributed by atoms with van der Waals surface area (Å²) in [6.45, 7) is 0. The molecule has 1 aromatic carbocycles. The van der Waals surface area contributed by atoms with E-state index >= 15 is 0 Å². The van der Waals surface area contributed by atoms with Gasteiger partial charge >= 0.3 is 0 Å². The summed E-state index contributed by atoms with van der Waals surface area (Å²) < 4.78 is 2.40. The average molecular weight is 322 g/mol. The number of phenolic OH excluding ortho intramolecular Hbond substituents is 1. The molecule has 0 aliphatic rings. The fraction of sp³-hybridized carbons (Fsp3) is 0.111. The Morgan fingerprint density at radius 2 is 2.23 bits per heavy atom. The third-order valence-electron chi connectivity index (χ3n) is 1.81. The Morgan fingerprint density at radius 3 is 2.92 bits per heavy atom. The first-order valence-electron chi connectivity index (χ1n) is 3.67. The number of rotatable bonds is 1. The summed E-state index contributed by atoms with van der Waals surface area (Å²) in [5.74, 6) is 0.381. The van der Waals surface area contributed by atoms with E-state index in [-0.39, 0.29) is 0 Å². The molecule has 0 amide bonds. The van der Waals surface area contributed by atoms with Crippen LogP contribution in [0, 0.1) is 2.88 Å². The first-order chi connectivity index (χ1) is 6.22. The van der Waals surface area contributed by atoms with Crippen LogP contribution in [0.3, 0.4) is 0 Å². The number of halogens is 1. The highest BCUT2D eigenvalue weighted by Gasteiger charge is 2.07. The summed E-state index contributed by atoms with van der Waals surface area (Å²) >= 11 is 5.72. The van der Waals surface area contributed by atoms with Crippen LogP contribution >= 0.6 is 45.7 Å². The molecule has 1 heterocycles. The minimum atomic E-state index is 0.381. The SMILES string of the molecule is CSc1ccc(O)c2cc(I)sc12. The summed E-state index contributed by atoms with van der Waals surface area (Å²) in [6.07, 6.45) is 2.05. The minimum absolute atomic E-state index is 0.381. The third kappa shape index (κ3) is 1.67. The number of thiophene rings is 1. The predicted octanol–water partition coefficient (Wildman–Crippen LogP) is 3.93. The quantitative estimate of drug-likeness (QED) is 0.634. The van der Waals surface area contributed by atoms with E-state index in [1.54, 1.807) is 29.2 Å². The Bertz CT molecular complexity index is 450. The van der Waals surface area contributed by atoms with Gasteiger partial charge in [0, 0.05) is 10.3 Å². The first kappa shape index (κ1) is 9.61. The van der Waals surface area contributed by atoms with Gasteiger partial charge < -0.3 is 5.11 Å². The van der Waals surface area contributed by atoms with Gasteiger partial charge in [-0.25, -0.2) is 0 Å². The molecule has 1 aromatic heterocycles. The first-order valence-corrected chi connectivity index (χ1v) is 6.79. The molecular formula is C9H7IOS2.